The molecule has 1 aliphatic heterocycles. The van der Waals surface area contributed by atoms with E-state index in [1.807, 2.05) is 0 Å². The van der Waals surface area contributed by atoms with E-state index in [9.17, 15) is 0 Å². The summed E-state index contributed by atoms with van der Waals surface area (Å²) in [5.74, 6) is 1.84. The van der Waals surface area contributed by atoms with Gasteiger partial charge in [-0.15, -0.1) is 0 Å². The lowest BCUT2D eigenvalue weighted by Crippen LogP contribution is -2.42. The lowest BCUT2D eigenvalue weighted by molar-refractivity contribution is -0.0450. The summed E-state index contributed by atoms with van der Waals surface area (Å²) in [5, 5.41) is 4.07. The zero-order chi connectivity index (χ0) is 14.5. The van der Waals surface area contributed by atoms with Crippen LogP contribution in [0.5, 0.6) is 0 Å². The van der Waals surface area contributed by atoms with Crippen molar-refractivity contribution in [2.45, 2.75) is 45.8 Å². The van der Waals surface area contributed by atoms with Gasteiger partial charge in [-0.05, 0) is 32.7 Å². The molecule has 2 atom stereocenters. The zero-order valence-corrected chi connectivity index (χ0v) is 12.7. The van der Waals surface area contributed by atoms with Gasteiger partial charge in [0.05, 0.1) is 6.61 Å². The Labute approximate surface area is 120 Å². The first-order chi connectivity index (χ1) is 9.60. The molecule has 1 saturated heterocycles. The first kappa shape index (κ1) is 15.4. The summed E-state index contributed by atoms with van der Waals surface area (Å²) in [6.45, 7) is 9.72. The van der Waals surface area contributed by atoms with E-state index in [1.54, 1.807) is 0 Å². The zero-order valence-electron chi connectivity index (χ0n) is 12.7. The molecule has 0 spiro atoms. The monoisotopic (exact) mass is 282 g/mol. The molecule has 2 heterocycles. The SMILES string of the molecule is CC(CN)CCc1nc(C2CN(C(C)C)CCO2)no1. The van der Waals surface area contributed by atoms with Crippen molar-refractivity contribution in [2.24, 2.45) is 11.7 Å². The molecule has 0 radical (unpaired) electrons. The van der Waals surface area contributed by atoms with Gasteiger partial charge in [0, 0.05) is 25.6 Å². The Hall–Kier alpha value is -0.980. The van der Waals surface area contributed by atoms with E-state index >= 15 is 0 Å². The van der Waals surface area contributed by atoms with Crippen molar-refractivity contribution >= 4 is 0 Å². The molecule has 2 rings (SSSR count). The van der Waals surface area contributed by atoms with Gasteiger partial charge in [-0.25, -0.2) is 0 Å². The normalized spacial score (nSPS) is 22.4. The minimum absolute atomic E-state index is 0.0735. The lowest BCUT2D eigenvalue weighted by Gasteiger charge is -2.34. The number of morpholine rings is 1. The predicted molar refractivity (Wildman–Crippen MR) is 76.2 cm³/mol. The molecule has 6 heteroatoms. The van der Waals surface area contributed by atoms with Gasteiger partial charge < -0.3 is 15.0 Å². The van der Waals surface area contributed by atoms with Crippen molar-refractivity contribution in [1.29, 1.82) is 0 Å². The Morgan fingerprint density at radius 3 is 2.90 bits per heavy atom. The van der Waals surface area contributed by atoms with Crippen LogP contribution in [0.4, 0.5) is 0 Å². The number of nitrogens with zero attached hydrogens (tertiary/aromatic N) is 3. The predicted octanol–water partition coefficient (Wildman–Crippen LogP) is 1.38. The maximum atomic E-state index is 5.76. The highest BCUT2D eigenvalue weighted by molar-refractivity contribution is 4.94. The summed E-state index contributed by atoms with van der Waals surface area (Å²) in [5.41, 5.74) is 5.61. The quantitative estimate of drug-likeness (QED) is 0.849. The molecular weight excluding hydrogens is 256 g/mol. The Bertz CT molecular complexity index is 408. The molecule has 114 valence electrons. The van der Waals surface area contributed by atoms with Crippen LogP contribution in [0.25, 0.3) is 0 Å². The van der Waals surface area contributed by atoms with E-state index < -0.39 is 0 Å². The smallest absolute Gasteiger partial charge is 0.226 e. The van der Waals surface area contributed by atoms with Gasteiger partial charge in [-0.1, -0.05) is 12.1 Å². The lowest BCUT2D eigenvalue weighted by atomic mass is 10.1. The third kappa shape index (κ3) is 4.01. The van der Waals surface area contributed by atoms with Gasteiger partial charge in [0.15, 0.2) is 0 Å². The van der Waals surface area contributed by atoms with Crippen LogP contribution in [-0.4, -0.2) is 47.3 Å². The highest BCUT2D eigenvalue weighted by Crippen LogP contribution is 2.21. The summed E-state index contributed by atoms with van der Waals surface area (Å²) in [7, 11) is 0. The molecule has 0 saturated carbocycles. The molecule has 2 N–H and O–H groups in total. The second-order valence-corrected chi connectivity index (χ2v) is 5.87. The summed E-state index contributed by atoms with van der Waals surface area (Å²) in [6, 6.07) is 0.512. The Morgan fingerprint density at radius 2 is 2.20 bits per heavy atom. The van der Waals surface area contributed by atoms with Crippen LogP contribution in [0.2, 0.25) is 0 Å². The second kappa shape index (κ2) is 7.15. The molecular formula is C14H26N4O2. The van der Waals surface area contributed by atoms with E-state index in [4.69, 9.17) is 15.0 Å². The highest BCUT2D eigenvalue weighted by Gasteiger charge is 2.27. The fourth-order valence-electron chi connectivity index (χ4n) is 2.28. The van der Waals surface area contributed by atoms with E-state index in [1.165, 1.54) is 0 Å². The van der Waals surface area contributed by atoms with Crippen molar-refractivity contribution < 1.29 is 9.26 Å². The van der Waals surface area contributed by atoms with Crippen LogP contribution in [0.3, 0.4) is 0 Å². The van der Waals surface area contributed by atoms with Gasteiger partial charge in [0.1, 0.15) is 6.10 Å². The van der Waals surface area contributed by atoms with Crippen LogP contribution < -0.4 is 5.73 Å². The molecule has 1 aromatic rings. The van der Waals surface area contributed by atoms with Gasteiger partial charge >= 0.3 is 0 Å². The average Bonchev–Trinajstić information content (AvgIpc) is 2.93. The van der Waals surface area contributed by atoms with Crippen molar-refractivity contribution in [1.82, 2.24) is 15.0 Å². The van der Waals surface area contributed by atoms with Gasteiger partial charge in [0.2, 0.25) is 11.7 Å². The van der Waals surface area contributed by atoms with Crippen molar-refractivity contribution in [3.05, 3.63) is 11.7 Å². The minimum Gasteiger partial charge on any atom is -0.367 e. The number of hydrogen-bond donors (Lipinski definition) is 1. The molecule has 0 amide bonds. The molecule has 1 aliphatic rings. The van der Waals surface area contributed by atoms with Crippen LogP contribution in [0.15, 0.2) is 4.52 Å². The minimum atomic E-state index is -0.0735. The first-order valence-electron chi connectivity index (χ1n) is 7.48. The highest BCUT2D eigenvalue weighted by atomic mass is 16.5. The van der Waals surface area contributed by atoms with E-state index in [-0.39, 0.29) is 6.10 Å². The van der Waals surface area contributed by atoms with Crippen LogP contribution in [0.1, 0.15) is 45.0 Å². The van der Waals surface area contributed by atoms with Crippen LogP contribution >= 0.6 is 0 Å². The maximum Gasteiger partial charge on any atom is 0.226 e. The molecule has 6 nitrogen and oxygen atoms in total. The molecule has 2 unspecified atom stereocenters. The number of aryl methyl sites for hydroxylation is 1. The Balaban J connectivity index is 1.91. The van der Waals surface area contributed by atoms with Gasteiger partial charge in [-0.2, -0.15) is 4.98 Å². The third-order valence-corrected chi connectivity index (χ3v) is 3.85. The first-order valence-corrected chi connectivity index (χ1v) is 7.48. The standard InChI is InChI=1S/C14H26N4O2/c1-10(2)18-6-7-19-12(9-18)14-16-13(20-17-14)5-4-11(3)8-15/h10-12H,4-9,15H2,1-3H3. The van der Waals surface area contributed by atoms with Crippen LogP contribution in [0, 0.1) is 5.92 Å². The van der Waals surface area contributed by atoms with Crippen LogP contribution in [-0.2, 0) is 11.2 Å². The number of nitrogens with two attached hydrogens (primary N) is 1. The van der Waals surface area contributed by atoms with Gasteiger partial charge in [-0.3, -0.25) is 4.90 Å². The fraction of sp³-hybridized carbons (Fsp3) is 0.857. The second-order valence-electron chi connectivity index (χ2n) is 5.87. The largest absolute Gasteiger partial charge is 0.367 e. The van der Waals surface area contributed by atoms with Crippen molar-refractivity contribution in [3.8, 4) is 0 Å². The average molecular weight is 282 g/mol. The molecule has 0 aliphatic carbocycles. The Kier molecular flexibility index (Phi) is 5.51. The number of aromatic nitrogens is 2. The molecule has 0 aromatic carbocycles. The summed E-state index contributed by atoms with van der Waals surface area (Å²) < 4.78 is 11.1. The Morgan fingerprint density at radius 1 is 1.40 bits per heavy atom. The van der Waals surface area contributed by atoms with E-state index in [2.05, 4.69) is 35.8 Å². The number of ether oxygens (including phenoxy) is 1. The van der Waals surface area contributed by atoms with Gasteiger partial charge in [0.25, 0.3) is 0 Å². The molecule has 20 heavy (non-hydrogen) atoms. The van der Waals surface area contributed by atoms with Crippen molar-refractivity contribution in [3.63, 3.8) is 0 Å². The summed E-state index contributed by atoms with van der Waals surface area (Å²) >= 11 is 0. The third-order valence-electron chi connectivity index (χ3n) is 3.85. The van der Waals surface area contributed by atoms with E-state index in [0.717, 1.165) is 32.5 Å². The van der Waals surface area contributed by atoms with Crippen molar-refractivity contribution in [2.75, 3.05) is 26.2 Å². The molecule has 0 bridgehead atoms. The number of hydrogen-bond acceptors (Lipinski definition) is 6. The molecule has 1 fully saturated rings. The number of rotatable bonds is 6. The summed E-state index contributed by atoms with van der Waals surface area (Å²) in [4.78, 5) is 6.84. The topological polar surface area (TPSA) is 77.4 Å². The van der Waals surface area contributed by atoms with E-state index in [0.29, 0.717) is 30.2 Å². The molecule has 1 aromatic heterocycles. The summed E-state index contributed by atoms with van der Waals surface area (Å²) in [6.07, 6.45) is 1.68. The fourth-order valence-corrected chi connectivity index (χ4v) is 2.28. The maximum absolute atomic E-state index is 5.76.